The standard InChI is InChI=1S/C15H16ClNO3S/c16-11-3-5-12(6-4-11)21-9-7-15(19)17-13(10-18)14-2-1-8-20-14/h1-6,8,13,18H,7,9-10H2,(H,17,19). The van der Waals surface area contributed by atoms with E-state index in [2.05, 4.69) is 5.32 Å². The van der Waals surface area contributed by atoms with Gasteiger partial charge in [-0.3, -0.25) is 4.79 Å². The van der Waals surface area contributed by atoms with Crippen molar-refractivity contribution in [3.63, 3.8) is 0 Å². The van der Waals surface area contributed by atoms with Crippen LogP contribution in [0.3, 0.4) is 0 Å². The monoisotopic (exact) mass is 325 g/mol. The Balaban J connectivity index is 1.75. The molecule has 0 radical (unpaired) electrons. The average Bonchev–Trinajstić information content (AvgIpc) is 3.01. The van der Waals surface area contributed by atoms with Crippen molar-refractivity contribution in [3.05, 3.63) is 53.4 Å². The highest BCUT2D eigenvalue weighted by Crippen LogP contribution is 2.21. The number of carbonyl (C=O) groups excluding carboxylic acids is 1. The summed E-state index contributed by atoms with van der Waals surface area (Å²) in [4.78, 5) is 12.9. The molecule has 1 unspecified atom stereocenters. The van der Waals surface area contributed by atoms with Gasteiger partial charge in [-0.05, 0) is 36.4 Å². The van der Waals surface area contributed by atoms with Crippen LogP contribution in [0.25, 0.3) is 0 Å². The second-order valence-corrected chi connectivity index (χ2v) is 5.98. The summed E-state index contributed by atoms with van der Waals surface area (Å²) in [6, 6.07) is 10.4. The third-order valence-electron chi connectivity index (χ3n) is 2.82. The zero-order valence-electron chi connectivity index (χ0n) is 11.3. The van der Waals surface area contributed by atoms with Crippen LogP contribution in [-0.2, 0) is 4.79 Å². The van der Waals surface area contributed by atoms with E-state index in [0.717, 1.165) is 4.90 Å². The van der Waals surface area contributed by atoms with Gasteiger partial charge in [-0.25, -0.2) is 0 Å². The third-order valence-corrected chi connectivity index (χ3v) is 4.08. The summed E-state index contributed by atoms with van der Waals surface area (Å²) in [5, 5.41) is 12.7. The molecule has 2 aromatic rings. The normalized spacial score (nSPS) is 12.1. The van der Waals surface area contributed by atoms with Crippen molar-refractivity contribution in [2.24, 2.45) is 0 Å². The van der Waals surface area contributed by atoms with Gasteiger partial charge in [-0.15, -0.1) is 11.8 Å². The first-order chi connectivity index (χ1) is 10.2. The molecule has 112 valence electrons. The van der Waals surface area contributed by atoms with Crippen LogP contribution in [0.4, 0.5) is 0 Å². The predicted molar refractivity (Wildman–Crippen MR) is 83.5 cm³/mol. The van der Waals surface area contributed by atoms with Crippen LogP contribution < -0.4 is 5.32 Å². The van der Waals surface area contributed by atoms with E-state index in [9.17, 15) is 9.90 Å². The number of amides is 1. The summed E-state index contributed by atoms with van der Waals surface area (Å²) in [5.74, 6) is 1.09. The summed E-state index contributed by atoms with van der Waals surface area (Å²) in [6.07, 6.45) is 1.88. The molecule has 2 N–H and O–H groups in total. The SMILES string of the molecule is O=C(CCSc1ccc(Cl)cc1)NC(CO)c1ccco1. The van der Waals surface area contributed by atoms with Crippen molar-refractivity contribution in [1.82, 2.24) is 5.32 Å². The number of aliphatic hydroxyl groups excluding tert-OH is 1. The fraction of sp³-hybridized carbons (Fsp3) is 0.267. The van der Waals surface area contributed by atoms with Gasteiger partial charge in [-0.1, -0.05) is 11.6 Å². The van der Waals surface area contributed by atoms with E-state index in [1.165, 1.54) is 6.26 Å². The van der Waals surface area contributed by atoms with Gasteiger partial charge in [0.15, 0.2) is 0 Å². The first-order valence-electron chi connectivity index (χ1n) is 6.51. The van der Waals surface area contributed by atoms with Crippen LogP contribution in [0, 0.1) is 0 Å². The lowest BCUT2D eigenvalue weighted by atomic mass is 10.2. The second-order valence-electron chi connectivity index (χ2n) is 4.37. The molecule has 0 spiro atoms. The van der Waals surface area contributed by atoms with Crippen LogP contribution in [-0.4, -0.2) is 23.4 Å². The van der Waals surface area contributed by atoms with Gasteiger partial charge >= 0.3 is 0 Å². The van der Waals surface area contributed by atoms with E-state index in [0.29, 0.717) is 23.0 Å². The number of rotatable bonds is 7. The quantitative estimate of drug-likeness (QED) is 0.767. The molecule has 0 aliphatic carbocycles. The van der Waals surface area contributed by atoms with E-state index < -0.39 is 6.04 Å². The zero-order valence-corrected chi connectivity index (χ0v) is 12.9. The molecule has 0 bridgehead atoms. The lowest BCUT2D eigenvalue weighted by molar-refractivity contribution is -0.121. The first kappa shape index (κ1) is 15.9. The van der Waals surface area contributed by atoms with Gasteiger partial charge in [0.25, 0.3) is 0 Å². The number of carbonyl (C=O) groups is 1. The highest BCUT2D eigenvalue weighted by Gasteiger charge is 2.15. The molecule has 1 aromatic carbocycles. The van der Waals surface area contributed by atoms with E-state index in [-0.39, 0.29) is 12.5 Å². The maximum atomic E-state index is 11.9. The largest absolute Gasteiger partial charge is 0.467 e. The fourth-order valence-corrected chi connectivity index (χ4v) is 2.73. The highest BCUT2D eigenvalue weighted by atomic mass is 35.5. The minimum absolute atomic E-state index is 0.119. The molecule has 4 nitrogen and oxygen atoms in total. The maximum Gasteiger partial charge on any atom is 0.221 e. The average molecular weight is 326 g/mol. The van der Waals surface area contributed by atoms with Crippen molar-refractivity contribution in [2.45, 2.75) is 17.4 Å². The zero-order chi connectivity index (χ0) is 15.1. The molecule has 0 saturated carbocycles. The number of furan rings is 1. The van der Waals surface area contributed by atoms with Crippen LogP contribution in [0.1, 0.15) is 18.2 Å². The highest BCUT2D eigenvalue weighted by molar-refractivity contribution is 7.99. The summed E-state index contributed by atoms with van der Waals surface area (Å²) >= 11 is 7.40. The molecule has 1 atom stereocenters. The summed E-state index contributed by atoms with van der Waals surface area (Å²) in [5.41, 5.74) is 0. The lowest BCUT2D eigenvalue weighted by Gasteiger charge is -2.13. The van der Waals surface area contributed by atoms with Crippen molar-refractivity contribution in [2.75, 3.05) is 12.4 Å². The first-order valence-corrected chi connectivity index (χ1v) is 7.87. The van der Waals surface area contributed by atoms with Gasteiger partial charge in [0.1, 0.15) is 11.8 Å². The van der Waals surface area contributed by atoms with Crippen molar-refractivity contribution < 1.29 is 14.3 Å². The Kier molecular flexibility index (Phi) is 6.17. The van der Waals surface area contributed by atoms with E-state index in [1.54, 1.807) is 23.9 Å². The Labute approximate surface area is 132 Å². The van der Waals surface area contributed by atoms with Gasteiger partial charge in [0.2, 0.25) is 5.91 Å². The van der Waals surface area contributed by atoms with Crippen molar-refractivity contribution >= 4 is 29.3 Å². The number of benzene rings is 1. The second kappa shape index (κ2) is 8.12. The summed E-state index contributed by atoms with van der Waals surface area (Å²) in [6.45, 7) is -0.191. The van der Waals surface area contributed by atoms with Gasteiger partial charge < -0.3 is 14.8 Å². The smallest absolute Gasteiger partial charge is 0.221 e. The molecular weight excluding hydrogens is 310 g/mol. The summed E-state index contributed by atoms with van der Waals surface area (Å²) < 4.78 is 5.18. The number of nitrogens with one attached hydrogen (secondary N) is 1. The van der Waals surface area contributed by atoms with Crippen molar-refractivity contribution in [3.8, 4) is 0 Å². The molecule has 0 saturated heterocycles. The Morgan fingerprint density at radius 1 is 1.33 bits per heavy atom. The molecule has 0 fully saturated rings. The molecule has 1 aromatic heterocycles. The lowest BCUT2D eigenvalue weighted by Crippen LogP contribution is -2.30. The number of thioether (sulfide) groups is 1. The Hall–Kier alpha value is -1.43. The summed E-state index contributed by atoms with van der Waals surface area (Å²) in [7, 11) is 0. The number of hydrogen-bond donors (Lipinski definition) is 2. The van der Waals surface area contributed by atoms with Gasteiger partial charge in [-0.2, -0.15) is 0 Å². The Bertz CT molecular complexity index is 557. The predicted octanol–water partition coefficient (Wildman–Crippen LogP) is 3.27. The molecular formula is C15H16ClNO3S. The number of hydrogen-bond acceptors (Lipinski definition) is 4. The molecule has 0 aliphatic rings. The molecule has 6 heteroatoms. The molecule has 1 amide bonds. The number of halogens is 1. The fourth-order valence-electron chi connectivity index (χ4n) is 1.76. The molecule has 2 rings (SSSR count). The van der Waals surface area contributed by atoms with Crippen molar-refractivity contribution in [1.29, 1.82) is 0 Å². The van der Waals surface area contributed by atoms with Gasteiger partial charge in [0.05, 0.1) is 12.9 Å². The minimum Gasteiger partial charge on any atom is -0.467 e. The molecule has 21 heavy (non-hydrogen) atoms. The maximum absolute atomic E-state index is 11.9. The van der Waals surface area contributed by atoms with Gasteiger partial charge in [0, 0.05) is 22.1 Å². The number of aliphatic hydroxyl groups is 1. The van der Waals surface area contributed by atoms with E-state index in [4.69, 9.17) is 16.0 Å². The van der Waals surface area contributed by atoms with E-state index >= 15 is 0 Å². The van der Waals surface area contributed by atoms with E-state index in [1.807, 2.05) is 24.3 Å². The topological polar surface area (TPSA) is 62.5 Å². The molecule has 0 aliphatic heterocycles. The Morgan fingerprint density at radius 2 is 2.10 bits per heavy atom. The molecule has 1 heterocycles. The van der Waals surface area contributed by atoms with Crippen LogP contribution >= 0.6 is 23.4 Å². The third kappa shape index (κ3) is 5.12. The Morgan fingerprint density at radius 3 is 2.71 bits per heavy atom. The van der Waals surface area contributed by atoms with Crippen LogP contribution in [0.15, 0.2) is 52.0 Å². The minimum atomic E-state index is -0.493. The van der Waals surface area contributed by atoms with Crippen LogP contribution in [0.5, 0.6) is 0 Å². The van der Waals surface area contributed by atoms with Crippen LogP contribution in [0.2, 0.25) is 5.02 Å².